The number of benzene rings is 1. The van der Waals surface area contributed by atoms with Crippen molar-refractivity contribution in [1.29, 1.82) is 0 Å². The molecule has 0 amide bonds. The fourth-order valence-corrected chi connectivity index (χ4v) is 3.37. The number of fused-ring (bicyclic) bond motifs is 1. The molecule has 0 atom stereocenters. The normalized spacial score (nSPS) is 14.7. The number of allylic oxidation sites excluding steroid dienone is 4. The molecule has 0 spiro atoms. The van der Waals surface area contributed by atoms with Gasteiger partial charge in [0.15, 0.2) is 12.6 Å². The molecule has 0 saturated heterocycles. The zero-order chi connectivity index (χ0) is 22.5. The molecule has 0 fully saturated rings. The molecule has 164 valence electrons. The van der Waals surface area contributed by atoms with Gasteiger partial charge in [0.1, 0.15) is 28.4 Å². The molecule has 2 rings (SSSR count). The summed E-state index contributed by atoms with van der Waals surface area (Å²) >= 11 is 0. The van der Waals surface area contributed by atoms with E-state index < -0.39 is 5.60 Å². The summed E-state index contributed by atoms with van der Waals surface area (Å²) in [6.45, 7) is 11.5. The lowest BCUT2D eigenvalue weighted by Crippen LogP contribution is -2.29. The largest absolute Gasteiger partial charge is 0.507 e. The molecule has 1 aliphatic heterocycles. The standard InChI is InChI=1S/C25H34O5/c1-16(2)9-8-10-17(3)11-12-19-22(27)21(18(4)26)24-20(23(19)29-15-28-7)13-14-25(5,6)30-24/h9,11,13-14,27H,8,10,12,15H2,1-7H3. The minimum absolute atomic E-state index is 0.0266. The number of rotatable bonds is 9. The van der Waals surface area contributed by atoms with E-state index in [1.165, 1.54) is 18.1 Å². The number of carbonyl (C=O) groups excluding carboxylic acids is 1. The van der Waals surface area contributed by atoms with Gasteiger partial charge in [-0.1, -0.05) is 23.3 Å². The van der Waals surface area contributed by atoms with Crippen molar-refractivity contribution >= 4 is 11.9 Å². The van der Waals surface area contributed by atoms with Crippen molar-refractivity contribution in [2.24, 2.45) is 0 Å². The number of Topliss-reactive ketones (excluding diaryl/α,β-unsaturated/α-hetero) is 1. The molecule has 30 heavy (non-hydrogen) atoms. The fourth-order valence-electron chi connectivity index (χ4n) is 3.37. The Hall–Kier alpha value is -2.53. The molecule has 1 N–H and O–H groups in total. The first-order chi connectivity index (χ1) is 14.1. The third-order valence-electron chi connectivity index (χ3n) is 4.95. The molecule has 1 aromatic carbocycles. The van der Waals surface area contributed by atoms with Gasteiger partial charge in [-0.2, -0.15) is 0 Å². The summed E-state index contributed by atoms with van der Waals surface area (Å²) in [6, 6.07) is 0. The van der Waals surface area contributed by atoms with E-state index in [9.17, 15) is 9.90 Å². The van der Waals surface area contributed by atoms with Gasteiger partial charge in [0, 0.05) is 12.7 Å². The van der Waals surface area contributed by atoms with E-state index in [0.717, 1.165) is 12.8 Å². The molecule has 1 heterocycles. The van der Waals surface area contributed by atoms with Gasteiger partial charge in [0.25, 0.3) is 0 Å². The van der Waals surface area contributed by atoms with E-state index in [0.29, 0.717) is 29.0 Å². The number of ether oxygens (including phenoxy) is 3. The Morgan fingerprint density at radius 2 is 1.90 bits per heavy atom. The molecule has 0 bridgehead atoms. The number of phenolic OH excluding ortho intramolecular Hbond substituents is 1. The highest BCUT2D eigenvalue weighted by Gasteiger charge is 2.32. The highest BCUT2D eigenvalue weighted by Crippen LogP contribution is 2.47. The van der Waals surface area contributed by atoms with Crippen LogP contribution in [0.15, 0.2) is 29.4 Å². The summed E-state index contributed by atoms with van der Waals surface area (Å²) in [6.07, 6.45) is 10.4. The second kappa shape index (κ2) is 9.98. The molecule has 5 nitrogen and oxygen atoms in total. The number of methoxy groups -OCH3 is 1. The maximum absolute atomic E-state index is 12.4. The van der Waals surface area contributed by atoms with Crippen LogP contribution in [0.25, 0.3) is 6.08 Å². The van der Waals surface area contributed by atoms with Gasteiger partial charge >= 0.3 is 0 Å². The molecule has 0 unspecified atom stereocenters. The quantitative estimate of drug-likeness (QED) is 0.305. The summed E-state index contributed by atoms with van der Waals surface area (Å²) < 4.78 is 17.0. The molecule has 0 saturated carbocycles. The van der Waals surface area contributed by atoms with Gasteiger partial charge in [-0.3, -0.25) is 4.79 Å². The zero-order valence-corrected chi connectivity index (χ0v) is 19.2. The minimum Gasteiger partial charge on any atom is -0.507 e. The molecule has 0 aromatic heterocycles. The predicted octanol–water partition coefficient (Wildman–Crippen LogP) is 6.00. The topological polar surface area (TPSA) is 65.0 Å². The van der Waals surface area contributed by atoms with Crippen LogP contribution in [-0.4, -0.2) is 30.4 Å². The van der Waals surface area contributed by atoms with Crippen LogP contribution in [0.5, 0.6) is 17.2 Å². The van der Waals surface area contributed by atoms with Gasteiger partial charge in [-0.25, -0.2) is 0 Å². The summed E-state index contributed by atoms with van der Waals surface area (Å²) in [5.74, 6) is 0.492. The Labute approximate surface area is 180 Å². The van der Waals surface area contributed by atoms with Gasteiger partial charge in [-0.15, -0.1) is 0 Å². The van der Waals surface area contributed by atoms with Crippen LogP contribution >= 0.6 is 0 Å². The summed E-state index contributed by atoms with van der Waals surface area (Å²) in [4.78, 5) is 12.4. The molecular weight excluding hydrogens is 380 g/mol. The Morgan fingerprint density at radius 3 is 2.50 bits per heavy atom. The van der Waals surface area contributed by atoms with Crippen LogP contribution in [0.2, 0.25) is 0 Å². The highest BCUT2D eigenvalue weighted by atomic mass is 16.7. The lowest BCUT2D eigenvalue weighted by molar-refractivity contribution is 0.0495. The third kappa shape index (κ3) is 5.76. The number of carbonyl (C=O) groups is 1. The van der Waals surface area contributed by atoms with E-state index in [-0.39, 0.29) is 23.9 Å². The van der Waals surface area contributed by atoms with Crippen LogP contribution in [0.3, 0.4) is 0 Å². The van der Waals surface area contributed by atoms with E-state index in [1.807, 2.05) is 26.0 Å². The Bertz CT molecular complexity index is 884. The Kier molecular flexibility index (Phi) is 7.90. The average molecular weight is 415 g/mol. The number of aromatic hydroxyl groups is 1. The smallest absolute Gasteiger partial charge is 0.188 e. The monoisotopic (exact) mass is 414 g/mol. The molecule has 1 aliphatic rings. The van der Waals surface area contributed by atoms with E-state index in [2.05, 4.69) is 32.9 Å². The SMILES string of the molecule is COCOc1c2c(c(C(C)=O)c(O)c1CC=C(C)CCC=C(C)C)OC(C)(C)C=C2. The Morgan fingerprint density at radius 1 is 1.20 bits per heavy atom. The van der Waals surface area contributed by atoms with E-state index in [1.54, 1.807) is 7.11 Å². The van der Waals surface area contributed by atoms with Crippen molar-refractivity contribution in [3.8, 4) is 17.2 Å². The molecular formula is C25H34O5. The zero-order valence-electron chi connectivity index (χ0n) is 19.2. The Balaban J connectivity index is 2.54. The van der Waals surface area contributed by atoms with Crippen LogP contribution in [0, 0.1) is 0 Å². The lowest BCUT2D eigenvalue weighted by Gasteiger charge is -2.31. The minimum atomic E-state index is -0.592. The average Bonchev–Trinajstić information content (AvgIpc) is 2.63. The van der Waals surface area contributed by atoms with Gasteiger partial charge < -0.3 is 19.3 Å². The van der Waals surface area contributed by atoms with Crippen molar-refractivity contribution in [3.63, 3.8) is 0 Å². The number of phenols is 1. The number of ketones is 1. The van der Waals surface area contributed by atoms with Crippen LogP contribution < -0.4 is 9.47 Å². The molecule has 5 heteroatoms. The van der Waals surface area contributed by atoms with Crippen molar-refractivity contribution < 1.29 is 24.1 Å². The van der Waals surface area contributed by atoms with Gasteiger partial charge in [0.05, 0.1) is 5.56 Å². The van der Waals surface area contributed by atoms with Crippen LogP contribution in [-0.2, 0) is 11.2 Å². The molecule has 0 aliphatic carbocycles. The number of hydrogen-bond acceptors (Lipinski definition) is 5. The summed E-state index contributed by atoms with van der Waals surface area (Å²) in [5.41, 5.74) is 3.32. The second-order valence-electron chi connectivity index (χ2n) is 8.49. The first kappa shape index (κ1) is 23.7. The maximum atomic E-state index is 12.4. The second-order valence-corrected chi connectivity index (χ2v) is 8.49. The first-order valence-electron chi connectivity index (χ1n) is 10.3. The highest BCUT2D eigenvalue weighted by molar-refractivity contribution is 6.02. The summed E-state index contributed by atoms with van der Waals surface area (Å²) in [7, 11) is 1.54. The van der Waals surface area contributed by atoms with Crippen LogP contribution in [0.4, 0.5) is 0 Å². The molecule has 0 radical (unpaired) electrons. The maximum Gasteiger partial charge on any atom is 0.188 e. The van der Waals surface area contributed by atoms with Crippen molar-refractivity contribution in [2.75, 3.05) is 13.9 Å². The predicted molar refractivity (Wildman–Crippen MR) is 120 cm³/mol. The van der Waals surface area contributed by atoms with Gasteiger partial charge in [0.2, 0.25) is 0 Å². The lowest BCUT2D eigenvalue weighted by atomic mass is 9.92. The van der Waals surface area contributed by atoms with Crippen molar-refractivity contribution in [3.05, 3.63) is 46.1 Å². The summed E-state index contributed by atoms with van der Waals surface area (Å²) in [5, 5.41) is 11.0. The third-order valence-corrected chi connectivity index (χ3v) is 4.95. The van der Waals surface area contributed by atoms with E-state index in [4.69, 9.17) is 14.2 Å². The fraction of sp³-hybridized carbons (Fsp3) is 0.480. The van der Waals surface area contributed by atoms with Crippen molar-refractivity contribution in [2.45, 2.75) is 66.4 Å². The van der Waals surface area contributed by atoms with Crippen LogP contribution in [0.1, 0.15) is 75.9 Å². The first-order valence-corrected chi connectivity index (χ1v) is 10.3. The molecule has 1 aromatic rings. The van der Waals surface area contributed by atoms with E-state index >= 15 is 0 Å². The van der Waals surface area contributed by atoms with Crippen molar-refractivity contribution in [1.82, 2.24) is 0 Å². The number of hydrogen-bond donors (Lipinski definition) is 1. The van der Waals surface area contributed by atoms with Gasteiger partial charge in [-0.05, 0) is 73.0 Å².